The van der Waals surface area contributed by atoms with Crippen molar-refractivity contribution in [2.24, 2.45) is 5.92 Å². The second-order valence-electron chi connectivity index (χ2n) is 7.54. The fourth-order valence-corrected chi connectivity index (χ4v) is 3.47. The molecule has 1 aromatic heterocycles. The van der Waals surface area contributed by atoms with E-state index >= 15 is 0 Å². The molecule has 10 nitrogen and oxygen atoms in total. The van der Waals surface area contributed by atoms with Gasteiger partial charge in [-0.05, 0) is 12.5 Å². The molecule has 2 aliphatic rings. The first kappa shape index (κ1) is 22.7. The van der Waals surface area contributed by atoms with Crippen molar-refractivity contribution in [2.75, 3.05) is 52.6 Å². The van der Waals surface area contributed by atoms with Gasteiger partial charge in [-0.1, -0.05) is 0 Å². The molecule has 0 amide bonds. The van der Waals surface area contributed by atoms with Crippen molar-refractivity contribution in [2.45, 2.75) is 6.42 Å². The summed E-state index contributed by atoms with van der Waals surface area (Å²) >= 11 is 0. The van der Waals surface area contributed by atoms with E-state index in [1.807, 2.05) is 0 Å². The fourth-order valence-electron chi connectivity index (χ4n) is 3.47. The van der Waals surface area contributed by atoms with Gasteiger partial charge in [-0.25, -0.2) is 9.97 Å². The highest BCUT2D eigenvalue weighted by atomic mass is 16.5. The minimum Gasteiger partial charge on any atom is -0.493 e. The topological polar surface area (TPSA) is 118 Å². The Labute approximate surface area is 190 Å². The maximum absolute atomic E-state index is 12.6. The standard InChI is InChI=1S/C23H25N3O7/c1-29-5-6-32-22-9-16-15(7-21(22)30-2)23(25-13-24-16)26-17-8-19(28)20(10-18(17)27)33-12-14-3-4-31-11-14/h7-10,13-14H,3-6,11-12H2,1-2H3,(H,24,25,26). The molecule has 4 rings (SSSR count). The number of allylic oxidation sites excluding steroid dienone is 2. The van der Waals surface area contributed by atoms with Gasteiger partial charge in [0.1, 0.15) is 18.8 Å². The second kappa shape index (κ2) is 10.4. The summed E-state index contributed by atoms with van der Waals surface area (Å²) in [6, 6.07) is 3.43. The van der Waals surface area contributed by atoms with Gasteiger partial charge in [-0.2, -0.15) is 0 Å². The van der Waals surface area contributed by atoms with Crippen LogP contribution >= 0.6 is 0 Å². The summed E-state index contributed by atoms with van der Waals surface area (Å²) in [4.78, 5) is 33.7. The Kier molecular flexibility index (Phi) is 7.16. The minimum atomic E-state index is -0.388. The molecule has 1 saturated heterocycles. The van der Waals surface area contributed by atoms with E-state index in [-0.39, 0.29) is 28.9 Å². The van der Waals surface area contributed by atoms with Gasteiger partial charge in [0.2, 0.25) is 11.6 Å². The van der Waals surface area contributed by atoms with Crippen molar-refractivity contribution in [3.63, 3.8) is 0 Å². The quantitative estimate of drug-likeness (QED) is 0.421. The van der Waals surface area contributed by atoms with E-state index in [2.05, 4.69) is 15.3 Å². The Morgan fingerprint density at radius 3 is 2.70 bits per heavy atom. The molecule has 1 aliphatic heterocycles. The Balaban J connectivity index is 1.51. The van der Waals surface area contributed by atoms with E-state index in [1.54, 1.807) is 19.2 Å². The maximum atomic E-state index is 12.6. The van der Waals surface area contributed by atoms with Crippen molar-refractivity contribution >= 4 is 28.3 Å². The fraction of sp³-hybridized carbons (Fsp3) is 0.391. The van der Waals surface area contributed by atoms with Gasteiger partial charge in [-0.15, -0.1) is 0 Å². The molecule has 0 saturated carbocycles. The highest BCUT2D eigenvalue weighted by Gasteiger charge is 2.25. The monoisotopic (exact) mass is 455 g/mol. The van der Waals surface area contributed by atoms with Crippen molar-refractivity contribution in [1.82, 2.24) is 9.97 Å². The molecule has 174 valence electrons. The number of nitrogens with zero attached hydrogens (tertiary/aromatic N) is 2. The van der Waals surface area contributed by atoms with Crippen LogP contribution in [0, 0.1) is 5.92 Å². The molecule has 0 radical (unpaired) electrons. The number of ether oxygens (including phenoxy) is 5. The molecule has 33 heavy (non-hydrogen) atoms. The average molecular weight is 455 g/mol. The maximum Gasteiger partial charge on any atom is 0.222 e. The van der Waals surface area contributed by atoms with Crippen LogP contribution in [0.25, 0.3) is 10.9 Å². The van der Waals surface area contributed by atoms with E-state index in [9.17, 15) is 9.59 Å². The number of anilines is 1. The number of nitrogens with one attached hydrogen (secondary N) is 1. The number of benzene rings is 1. The molecule has 2 heterocycles. The molecular weight excluding hydrogens is 430 g/mol. The molecule has 1 N–H and O–H groups in total. The van der Waals surface area contributed by atoms with Gasteiger partial charge in [0, 0.05) is 43.2 Å². The Morgan fingerprint density at radius 2 is 1.94 bits per heavy atom. The van der Waals surface area contributed by atoms with Crippen LogP contribution in [0.4, 0.5) is 5.82 Å². The molecule has 0 bridgehead atoms. The number of fused-ring (bicyclic) bond motifs is 1. The highest BCUT2D eigenvalue weighted by molar-refractivity contribution is 6.20. The summed E-state index contributed by atoms with van der Waals surface area (Å²) in [7, 11) is 3.12. The molecule has 1 fully saturated rings. The predicted octanol–water partition coefficient (Wildman–Crippen LogP) is 2.05. The van der Waals surface area contributed by atoms with Gasteiger partial charge in [0.25, 0.3) is 0 Å². The number of methoxy groups -OCH3 is 2. The summed E-state index contributed by atoms with van der Waals surface area (Å²) in [6.07, 6.45) is 4.66. The van der Waals surface area contributed by atoms with Crippen molar-refractivity contribution in [3.05, 3.63) is 42.1 Å². The van der Waals surface area contributed by atoms with Crippen molar-refractivity contribution in [1.29, 1.82) is 0 Å². The molecule has 10 heteroatoms. The molecular formula is C23H25N3O7. The Bertz CT molecular complexity index is 1110. The number of carbonyl (C=O) groups is 2. The number of aromatic nitrogens is 2. The predicted molar refractivity (Wildman–Crippen MR) is 118 cm³/mol. The van der Waals surface area contributed by atoms with Crippen LogP contribution in [0.5, 0.6) is 11.5 Å². The third-order valence-corrected chi connectivity index (χ3v) is 5.26. The van der Waals surface area contributed by atoms with Crippen molar-refractivity contribution in [3.8, 4) is 11.5 Å². The van der Waals surface area contributed by atoms with Crippen LogP contribution in [-0.4, -0.2) is 68.8 Å². The highest BCUT2D eigenvalue weighted by Crippen LogP contribution is 2.34. The molecule has 1 aliphatic carbocycles. The van der Waals surface area contributed by atoms with Crippen molar-refractivity contribution < 1.29 is 33.3 Å². The smallest absolute Gasteiger partial charge is 0.222 e. The lowest BCUT2D eigenvalue weighted by Gasteiger charge is -2.17. The lowest BCUT2D eigenvalue weighted by molar-refractivity contribution is -0.117. The SMILES string of the molecule is COCCOc1cc2ncnc(NC3=CC(=O)C(OCC4CCOC4)=CC3=O)c2cc1OC. The van der Waals surface area contributed by atoms with Crippen LogP contribution in [0.2, 0.25) is 0 Å². The van der Waals surface area contributed by atoms with Crippen LogP contribution < -0.4 is 14.8 Å². The summed E-state index contributed by atoms with van der Waals surface area (Å²) in [5.41, 5.74) is 0.671. The summed E-state index contributed by atoms with van der Waals surface area (Å²) in [5.74, 6) is 0.823. The Hall–Kier alpha value is -3.50. The molecule has 1 unspecified atom stereocenters. The zero-order valence-electron chi connectivity index (χ0n) is 18.5. The normalized spacial score (nSPS) is 18.2. The first-order chi connectivity index (χ1) is 16.1. The third kappa shape index (κ3) is 5.29. The Morgan fingerprint density at radius 1 is 1.06 bits per heavy atom. The van der Waals surface area contributed by atoms with E-state index in [0.29, 0.717) is 61.3 Å². The van der Waals surface area contributed by atoms with E-state index in [1.165, 1.54) is 25.6 Å². The van der Waals surface area contributed by atoms with Crippen LogP contribution in [0.1, 0.15) is 6.42 Å². The zero-order chi connectivity index (χ0) is 23.2. The molecule has 2 aromatic rings. The van der Waals surface area contributed by atoms with E-state index in [4.69, 9.17) is 23.7 Å². The lowest BCUT2D eigenvalue weighted by Crippen LogP contribution is -2.21. The molecule has 0 spiro atoms. The van der Waals surface area contributed by atoms with Crippen LogP contribution in [0.15, 0.2) is 42.1 Å². The van der Waals surface area contributed by atoms with E-state index in [0.717, 1.165) is 6.42 Å². The van der Waals surface area contributed by atoms with Gasteiger partial charge in [0.05, 0.1) is 38.1 Å². The third-order valence-electron chi connectivity index (χ3n) is 5.26. The first-order valence-corrected chi connectivity index (χ1v) is 10.5. The van der Waals surface area contributed by atoms with Gasteiger partial charge >= 0.3 is 0 Å². The van der Waals surface area contributed by atoms with Crippen LogP contribution in [0.3, 0.4) is 0 Å². The average Bonchev–Trinajstić information content (AvgIpc) is 3.34. The van der Waals surface area contributed by atoms with Gasteiger partial charge in [0.15, 0.2) is 17.3 Å². The van der Waals surface area contributed by atoms with E-state index < -0.39 is 0 Å². The zero-order valence-corrected chi connectivity index (χ0v) is 18.5. The second-order valence-corrected chi connectivity index (χ2v) is 7.54. The largest absolute Gasteiger partial charge is 0.493 e. The first-order valence-electron chi connectivity index (χ1n) is 10.5. The lowest BCUT2D eigenvalue weighted by atomic mass is 10.1. The molecule has 1 atom stereocenters. The van der Waals surface area contributed by atoms with Gasteiger partial charge < -0.3 is 29.0 Å². The summed E-state index contributed by atoms with van der Waals surface area (Å²) in [5, 5.41) is 3.55. The summed E-state index contributed by atoms with van der Waals surface area (Å²) in [6.45, 7) is 2.40. The minimum absolute atomic E-state index is 0.0320. The van der Waals surface area contributed by atoms with Gasteiger partial charge in [-0.3, -0.25) is 9.59 Å². The molecule has 1 aromatic carbocycles. The summed E-state index contributed by atoms with van der Waals surface area (Å²) < 4.78 is 27.0. The number of hydrogen-bond donors (Lipinski definition) is 1. The number of ketones is 2. The number of carbonyl (C=O) groups excluding carboxylic acids is 2. The number of hydrogen-bond acceptors (Lipinski definition) is 10. The van der Waals surface area contributed by atoms with Crippen LogP contribution in [-0.2, 0) is 23.8 Å². The number of rotatable bonds is 10.